The van der Waals surface area contributed by atoms with E-state index in [0.717, 1.165) is 17.8 Å². The normalized spacial score (nSPS) is 19.2. The fourth-order valence-corrected chi connectivity index (χ4v) is 3.44. The number of hydrogen-bond acceptors (Lipinski definition) is 3. The second kappa shape index (κ2) is 6.20. The van der Waals surface area contributed by atoms with Crippen LogP contribution in [0, 0.1) is 0 Å². The first-order chi connectivity index (χ1) is 10.2. The van der Waals surface area contributed by atoms with E-state index in [1.165, 1.54) is 36.9 Å². The van der Waals surface area contributed by atoms with Crippen molar-refractivity contribution in [3.05, 3.63) is 35.6 Å². The molecule has 3 nitrogen and oxygen atoms in total. The maximum atomic E-state index is 6.14. The van der Waals surface area contributed by atoms with Crippen molar-refractivity contribution in [3.8, 4) is 0 Å². The van der Waals surface area contributed by atoms with Crippen LogP contribution in [0.15, 0.2) is 28.7 Å². The minimum atomic E-state index is 0.278. The van der Waals surface area contributed by atoms with E-state index >= 15 is 0 Å². The maximum Gasteiger partial charge on any atom is 0.134 e. The Morgan fingerprint density at radius 1 is 1.29 bits per heavy atom. The standard InChI is InChI=1S/C18H26N2O/c1-4-15-16-7-5-6-8-17(16)21-18(15)13(2)19-14-9-11-20(3)12-10-14/h5-8,13-14,19H,4,9-12H2,1-3H3. The van der Waals surface area contributed by atoms with Gasteiger partial charge in [-0.15, -0.1) is 0 Å². The number of fused-ring (bicyclic) bond motifs is 1. The van der Waals surface area contributed by atoms with Crippen molar-refractivity contribution >= 4 is 11.0 Å². The minimum Gasteiger partial charge on any atom is -0.459 e. The molecule has 21 heavy (non-hydrogen) atoms. The van der Waals surface area contributed by atoms with Gasteiger partial charge < -0.3 is 14.6 Å². The number of para-hydroxylation sites is 1. The van der Waals surface area contributed by atoms with Gasteiger partial charge in [0, 0.05) is 17.0 Å². The van der Waals surface area contributed by atoms with Gasteiger partial charge in [-0.1, -0.05) is 25.1 Å². The number of furan rings is 1. The van der Waals surface area contributed by atoms with Crippen LogP contribution in [0.4, 0.5) is 0 Å². The number of benzene rings is 1. The summed E-state index contributed by atoms with van der Waals surface area (Å²) in [6, 6.07) is 9.26. The second-order valence-electron chi connectivity index (χ2n) is 6.26. The fraction of sp³-hybridized carbons (Fsp3) is 0.556. The number of nitrogens with one attached hydrogen (secondary N) is 1. The van der Waals surface area contributed by atoms with E-state index in [4.69, 9.17) is 4.42 Å². The van der Waals surface area contributed by atoms with E-state index in [1.807, 2.05) is 6.07 Å². The minimum absolute atomic E-state index is 0.278. The molecule has 1 aromatic heterocycles. The zero-order valence-electron chi connectivity index (χ0n) is 13.4. The summed E-state index contributed by atoms with van der Waals surface area (Å²) in [6.07, 6.45) is 3.47. The molecule has 1 fully saturated rings. The van der Waals surface area contributed by atoms with Gasteiger partial charge in [0.05, 0.1) is 6.04 Å². The molecular formula is C18H26N2O. The van der Waals surface area contributed by atoms with Gasteiger partial charge in [-0.05, 0) is 52.4 Å². The summed E-state index contributed by atoms with van der Waals surface area (Å²) in [5.74, 6) is 1.12. The third-order valence-electron chi connectivity index (χ3n) is 4.68. The van der Waals surface area contributed by atoms with E-state index in [9.17, 15) is 0 Å². The number of hydrogen-bond donors (Lipinski definition) is 1. The van der Waals surface area contributed by atoms with Gasteiger partial charge in [0.2, 0.25) is 0 Å². The molecule has 0 radical (unpaired) electrons. The van der Waals surface area contributed by atoms with Crippen LogP contribution in [0.5, 0.6) is 0 Å². The molecule has 0 saturated carbocycles. The molecule has 1 aliphatic heterocycles. The summed E-state index contributed by atoms with van der Waals surface area (Å²) in [5, 5.41) is 5.04. The molecule has 114 valence electrons. The summed E-state index contributed by atoms with van der Waals surface area (Å²) in [5.41, 5.74) is 2.37. The van der Waals surface area contributed by atoms with Crippen LogP contribution in [-0.2, 0) is 6.42 Å². The lowest BCUT2D eigenvalue weighted by Gasteiger charge is -2.31. The first kappa shape index (κ1) is 14.6. The molecule has 0 amide bonds. The maximum absolute atomic E-state index is 6.14. The second-order valence-corrected chi connectivity index (χ2v) is 6.26. The number of aryl methyl sites for hydroxylation is 1. The molecule has 1 aliphatic rings. The lowest BCUT2D eigenvalue weighted by Crippen LogP contribution is -2.41. The van der Waals surface area contributed by atoms with Gasteiger partial charge >= 0.3 is 0 Å². The highest BCUT2D eigenvalue weighted by Crippen LogP contribution is 2.31. The van der Waals surface area contributed by atoms with Gasteiger partial charge in [0.25, 0.3) is 0 Å². The molecule has 3 heteroatoms. The van der Waals surface area contributed by atoms with E-state index in [-0.39, 0.29) is 6.04 Å². The number of rotatable bonds is 4. The Morgan fingerprint density at radius 3 is 2.71 bits per heavy atom. The molecule has 0 bridgehead atoms. The van der Waals surface area contributed by atoms with Crippen molar-refractivity contribution in [1.29, 1.82) is 0 Å². The van der Waals surface area contributed by atoms with E-state index in [1.54, 1.807) is 0 Å². The molecule has 1 atom stereocenters. The molecule has 1 aromatic carbocycles. The van der Waals surface area contributed by atoms with Crippen molar-refractivity contribution in [2.24, 2.45) is 0 Å². The Morgan fingerprint density at radius 2 is 2.00 bits per heavy atom. The number of piperidine rings is 1. The van der Waals surface area contributed by atoms with Crippen molar-refractivity contribution in [2.75, 3.05) is 20.1 Å². The highest BCUT2D eigenvalue weighted by atomic mass is 16.3. The summed E-state index contributed by atoms with van der Waals surface area (Å²) in [6.45, 7) is 6.81. The van der Waals surface area contributed by atoms with Crippen LogP contribution < -0.4 is 5.32 Å². The highest BCUT2D eigenvalue weighted by Gasteiger charge is 2.23. The summed E-state index contributed by atoms with van der Waals surface area (Å²) >= 11 is 0. The third-order valence-corrected chi connectivity index (χ3v) is 4.68. The average molecular weight is 286 g/mol. The Labute approximate surface area is 127 Å². The lowest BCUT2D eigenvalue weighted by molar-refractivity contribution is 0.222. The van der Waals surface area contributed by atoms with Gasteiger partial charge in [0.1, 0.15) is 11.3 Å². The third kappa shape index (κ3) is 2.99. The lowest BCUT2D eigenvalue weighted by atomic mass is 10.0. The van der Waals surface area contributed by atoms with Crippen LogP contribution in [0.25, 0.3) is 11.0 Å². The van der Waals surface area contributed by atoms with Crippen molar-refractivity contribution in [3.63, 3.8) is 0 Å². The van der Waals surface area contributed by atoms with E-state index < -0.39 is 0 Å². The smallest absolute Gasteiger partial charge is 0.134 e. The van der Waals surface area contributed by atoms with Gasteiger partial charge in [-0.2, -0.15) is 0 Å². The Bertz CT molecular complexity index is 596. The average Bonchev–Trinajstić information content (AvgIpc) is 2.88. The molecule has 0 spiro atoms. The fourth-order valence-electron chi connectivity index (χ4n) is 3.44. The topological polar surface area (TPSA) is 28.4 Å². The molecule has 1 unspecified atom stereocenters. The molecular weight excluding hydrogens is 260 g/mol. The molecule has 1 saturated heterocycles. The molecule has 0 aliphatic carbocycles. The van der Waals surface area contributed by atoms with Gasteiger partial charge in [-0.3, -0.25) is 0 Å². The Balaban J connectivity index is 1.79. The summed E-state index contributed by atoms with van der Waals surface area (Å²) in [7, 11) is 2.20. The zero-order valence-corrected chi connectivity index (χ0v) is 13.4. The van der Waals surface area contributed by atoms with E-state index in [2.05, 4.69) is 49.3 Å². The van der Waals surface area contributed by atoms with Crippen molar-refractivity contribution < 1.29 is 4.42 Å². The predicted octanol–water partition coefficient (Wildman–Crippen LogP) is 3.74. The molecule has 1 N–H and O–H groups in total. The molecule has 2 heterocycles. The summed E-state index contributed by atoms with van der Waals surface area (Å²) in [4.78, 5) is 2.40. The van der Waals surface area contributed by atoms with Crippen LogP contribution in [0.2, 0.25) is 0 Å². The first-order valence-electron chi connectivity index (χ1n) is 8.14. The zero-order chi connectivity index (χ0) is 14.8. The van der Waals surface area contributed by atoms with Crippen molar-refractivity contribution in [2.45, 2.75) is 45.2 Å². The van der Waals surface area contributed by atoms with Crippen LogP contribution >= 0.6 is 0 Å². The van der Waals surface area contributed by atoms with Crippen LogP contribution in [0.1, 0.15) is 44.1 Å². The monoisotopic (exact) mass is 286 g/mol. The van der Waals surface area contributed by atoms with Crippen LogP contribution in [-0.4, -0.2) is 31.1 Å². The Kier molecular flexibility index (Phi) is 4.32. The van der Waals surface area contributed by atoms with E-state index in [0.29, 0.717) is 6.04 Å². The quantitative estimate of drug-likeness (QED) is 0.928. The largest absolute Gasteiger partial charge is 0.459 e. The first-order valence-corrected chi connectivity index (χ1v) is 8.14. The van der Waals surface area contributed by atoms with Crippen LogP contribution in [0.3, 0.4) is 0 Å². The molecule has 2 aromatic rings. The summed E-state index contributed by atoms with van der Waals surface area (Å²) < 4.78 is 6.14. The molecule has 3 rings (SSSR count). The van der Waals surface area contributed by atoms with Crippen molar-refractivity contribution in [1.82, 2.24) is 10.2 Å². The number of nitrogens with zero attached hydrogens (tertiary/aromatic N) is 1. The highest BCUT2D eigenvalue weighted by molar-refractivity contribution is 5.82. The SMILES string of the molecule is CCc1c(C(C)NC2CCN(C)CC2)oc2ccccc12. The van der Waals surface area contributed by atoms with Gasteiger partial charge in [0.15, 0.2) is 0 Å². The predicted molar refractivity (Wildman–Crippen MR) is 87.7 cm³/mol. The number of likely N-dealkylation sites (tertiary alicyclic amines) is 1. The van der Waals surface area contributed by atoms with Gasteiger partial charge in [-0.25, -0.2) is 0 Å². The Hall–Kier alpha value is -1.32.